The summed E-state index contributed by atoms with van der Waals surface area (Å²) in [6.07, 6.45) is 1.06. The first kappa shape index (κ1) is 19.4. The molecular formula is C26H28N2O. The maximum Gasteiger partial charge on any atom is 0.234 e. The van der Waals surface area contributed by atoms with Gasteiger partial charge in [-0.25, -0.2) is 0 Å². The van der Waals surface area contributed by atoms with Crippen molar-refractivity contribution in [2.45, 2.75) is 12.3 Å². The minimum absolute atomic E-state index is 0.213. The van der Waals surface area contributed by atoms with Crippen LogP contribution < -0.4 is 0 Å². The summed E-state index contributed by atoms with van der Waals surface area (Å²) >= 11 is 0. The molecule has 1 fully saturated rings. The third-order valence-corrected chi connectivity index (χ3v) is 5.76. The van der Waals surface area contributed by atoms with Crippen molar-refractivity contribution < 1.29 is 4.79 Å². The molecule has 148 valence electrons. The molecule has 1 amide bonds. The number of rotatable bonds is 6. The molecular weight excluding hydrogens is 356 g/mol. The van der Waals surface area contributed by atoms with Crippen LogP contribution in [0, 0.1) is 0 Å². The van der Waals surface area contributed by atoms with Gasteiger partial charge in [0.1, 0.15) is 0 Å². The molecule has 1 aliphatic heterocycles. The van der Waals surface area contributed by atoms with Gasteiger partial charge in [-0.3, -0.25) is 9.69 Å². The summed E-state index contributed by atoms with van der Waals surface area (Å²) in [6.45, 7) is 4.52. The van der Waals surface area contributed by atoms with Gasteiger partial charge in [-0.15, -0.1) is 0 Å². The van der Waals surface area contributed by atoms with E-state index in [-0.39, 0.29) is 11.8 Å². The number of carbonyl (C=O) groups is 1. The standard InChI is InChI=1S/C26H28N2O/c29-26(25(23-12-6-2-7-13-23)24-14-8-3-9-15-24)28-20-18-27(19-21-28)17-16-22-10-4-1-5-11-22/h1-15,25H,16-21H2. The maximum absolute atomic E-state index is 13.5. The molecule has 1 heterocycles. The summed E-state index contributed by atoms with van der Waals surface area (Å²) in [5.41, 5.74) is 3.50. The van der Waals surface area contributed by atoms with Gasteiger partial charge in [0.05, 0.1) is 5.92 Å². The Morgan fingerprint density at radius 1 is 0.690 bits per heavy atom. The zero-order valence-corrected chi connectivity index (χ0v) is 16.8. The van der Waals surface area contributed by atoms with Crippen LogP contribution in [0.5, 0.6) is 0 Å². The van der Waals surface area contributed by atoms with Crippen molar-refractivity contribution in [2.24, 2.45) is 0 Å². The van der Waals surface area contributed by atoms with Crippen molar-refractivity contribution in [3.05, 3.63) is 108 Å². The summed E-state index contributed by atoms with van der Waals surface area (Å²) in [6, 6.07) is 30.9. The molecule has 0 saturated carbocycles. The highest BCUT2D eigenvalue weighted by Gasteiger charge is 2.29. The topological polar surface area (TPSA) is 23.6 Å². The minimum atomic E-state index is -0.228. The lowest BCUT2D eigenvalue weighted by Crippen LogP contribution is -2.50. The molecule has 4 rings (SSSR count). The smallest absolute Gasteiger partial charge is 0.234 e. The lowest BCUT2D eigenvalue weighted by molar-refractivity contribution is -0.133. The first-order valence-electron chi connectivity index (χ1n) is 10.5. The fourth-order valence-corrected chi connectivity index (χ4v) is 4.07. The van der Waals surface area contributed by atoms with Crippen LogP contribution in [0.4, 0.5) is 0 Å². The second-order valence-electron chi connectivity index (χ2n) is 7.66. The summed E-state index contributed by atoms with van der Waals surface area (Å²) < 4.78 is 0. The monoisotopic (exact) mass is 384 g/mol. The van der Waals surface area contributed by atoms with E-state index in [0.29, 0.717) is 0 Å². The van der Waals surface area contributed by atoms with E-state index in [1.807, 2.05) is 41.3 Å². The molecule has 29 heavy (non-hydrogen) atoms. The second kappa shape index (κ2) is 9.53. The van der Waals surface area contributed by atoms with Crippen LogP contribution in [-0.4, -0.2) is 48.4 Å². The highest BCUT2D eigenvalue weighted by atomic mass is 16.2. The summed E-state index contributed by atoms with van der Waals surface area (Å²) in [5, 5.41) is 0. The van der Waals surface area contributed by atoms with Crippen LogP contribution in [0.15, 0.2) is 91.0 Å². The van der Waals surface area contributed by atoms with Crippen molar-refractivity contribution in [1.82, 2.24) is 9.80 Å². The fourth-order valence-electron chi connectivity index (χ4n) is 4.07. The zero-order chi connectivity index (χ0) is 19.9. The van der Waals surface area contributed by atoms with Gasteiger partial charge in [0.15, 0.2) is 0 Å². The van der Waals surface area contributed by atoms with E-state index < -0.39 is 0 Å². The molecule has 0 bridgehead atoms. The van der Waals surface area contributed by atoms with Gasteiger partial charge in [0.25, 0.3) is 0 Å². The largest absolute Gasteiger partial charge is 0.339 e. The summed E-state index contributed by atoms with van der Waals surface area (Å²) in [4.78, 5) is 18.0. The van der Waals surface area contributed by atoms with Gasteiger partial charge in [0, 0.05) is 32.7 Å². The van der Waals surface area contributed by atoms with Gasteiger partial charge in [0.2, 0.25) is 5.91 Å². The van der Waals surface area contributed by atoms with Crippen molar-refractivity contribution >= 4 is 5.91 Å². The number of hydrogen-bond acceptors (Lipinski definition) is 2. The van der Waals surface area contributed by atoms with Gasteiger partial charge in [-0.05, 0) is 23.1 Å². The first-order valence-corrected chi connectivity index (χ1v) is 10.5. The highest BCUT2D eigenvalue weighted by molar-refractivity contribution is 5.87. The molecule has 1 aliphatic rings. The Hall–Kier alpha value is -2.91. The third-order valence-electron chi connectivity index (χ3n) is 5.76. The van der Waals surface area contributed by atoms with Crippen LogP contribution in [0.2, 0.25) is 0 Å². The first-order chi connectivity index (χ1) is 14.3. The van der Waals surface area contributed by atoms with Crippen LogP contribution in [-0.2, 0) is 11.2 Å². The molecule has 0 aliphatic carbocycles. The molecule has 0 radical (unpaired) electrons. The van der Waals surface area contributed by atoms with Gasteiger partial charge in [-0.1, -0.05) is 91.0 Å². The maximum atomic E-state index is 13.5. The quantitative estimate of drug-likeness (QED) is 0.636. The van der Waals surface area contributed by atoms with Crippen molar-refractivity contribution in [3.63, 3.8) is 0 Å². The number of nitrogens with zero attached hydrogens (tertiary/aromatic N) is 2. The van der Waals surface area contributed by atoms with Crippen LogP contribution in [0.25, 0.3) is 0 Å². The lowest BCUT2D eigenvalue weighted by Gasteiger charge is -2.36. The normalized spacial score (nSPS) is 14.9. The van der Waals surface area contributed by atoms with Gasteiger partial charge < -0.3 is 4.90 Å². The molecule has 1 saturated heterocycles. The number of benzene rings is 3. The molecule has 0 spiro atoms. The number of carbonyl (C=O) groups excluding carboxylic acids is 1. The Kier molecular flexibility index (Phi) is 6.38. The van der Waals surface area contributed by atoms with Crippen LogP contribution in [0.1, 0.15) is 22.6 Å². The number of piperazine rings is 1. The fraction of sp³-hybridized carbons (Fsp3) is 0.269. The Morgan fingerprint density at radius 3 is 1.69 bits per heavy atom. The van der Waals surface area contributed by atoms with Crippen LogP contribution in [0.3, 0.4) is 0 Å². The second-order valence-corrected chi connectivity index (χ2v) is 7.66. The Morgan fingerprint density at radius 2 is 1.17 bits per heavy atom. The minimum Gasteiger partial charge on any atom is -0.339 e. The lowest BCUT2D eigenvalue weighted by atomic mass is 9.90. The molecule has 3 aromatic carbocycles. The molecule has 0 unspecified atom stereocenters. The molecule has 0 atom stereocenters. The van der Waals surface area contributed by atoms with Crippen molar-refractivity contribution in [3.8, 4) is 0 Å². The van der Waals surface area contributed by atoms with E-state index in [1.165, 1.54) is 5.56 Å². The van der Waals surface area contributed by atoms with E-state index in [1.54, 1.807) is 0 Å². The average molecular weight is 385 g/mol. The molecule has 3 nitrogen and oxygen atoms in total. The molecule has 0 N–H and O–H groups in total. The molecule has 3 aromatic rings. The van der Waals surface area contributed by atoms with Gasteiger partial charge >= 0.3 is 0 Å². The predicted molar refractivity (Wildman–Crippen MR) is 118 cm³/mol. The molecule has 0 aromatic heterocycles. The van der Waals surface area contributed by atoms with Crippen LogP contribution >= 0.6 is 0 Å². The highest BCUT2D eigenvalue weighted by Crippen LogP contribution is 2.27. The molecule has 3 heteroatoms. The summed E-state index contributed by atoms with van der Waals surface area (Å²) in [7, 11) is 0. The van der Waals surface area contributed by atoms with Crippen molar-refractivity contribution in [1.29, 1.82) is 0 Å². The van der Waals surface area contributed by atoms with E-state index in [9.17, 15) is 4.79 Å². The Bertz CT molecular complexity index is 848. The van der Waals surface area contributed by atoms with Crippen molar-refractivity contribution in [2.75, 3.05) is 32.7 Å². The Labute approximate surface area is 173 Å². The SMILES string of the molecule is O=C(C(c1ccccc1)c1ccccc1)N1CCN(CCc2ccccc2)CC1. The Balaban J connectivity index is 1.40. The van der Waals surface area contributed by atoms with E-state index in [4.69, 9.17) is 0 Å². The average Bonchev–Trinajstić information content (AvgIpc) is 2.80. The van der Waals surface area contributed by atoms with E-state index in [2.05, 4.69) is 59.5 Å². The predicted octanol–water partition coefficient (Wildman–Crippen LogP) is 4.21. The third kappa shape index (κ3) is 4.93. The number of hydrogen-bond donors (Lipinski definition) is 0. The zero-order valence-electron chi connectivity index (χ0n) is 16.8. The summed E-state index contributed by atoms with van der Waals surface area (Å²) in [5.74, 6) is -0.0154. The van der Waals surface area contributed by atoms with E-state index in [0.717, 1.165) is 50.3 Å². The number of amides is 1. The van der Waals surface area contributed by atoms with Gasteiger partial charge in [-0.2, -0.15) is 0 Å². The van der Waals surface area contributed by atoms with E-state index >= 15 is 0 Å².